The van der Waals surface area contributed by atoms with Crippen LogP contribution in [0.3, 0.4) is 0 Å². The molecule has 0 aliphatic heterocycles. The van der Waals surface area contributed by atoms with E-state index in [1.165, 1.54) is 0 Å². The SMILES string of the molecule is Fc1cc(C(F)(F)F)cc(F)[c]1[Zn][Cl]. The van der Waals surface area contributed by atoms with Crippen molar-refractivity contribution in [2.45, 2.75) is 6.18 Å². The van der Waals surface area contributed by atoms with Gasteiger partial charge in [-0.3, -0.25) is 0 Å². The Hall–Kier alpha value is -0.217. The normalized spacial score (nSPS) is 11.3. The Labute approximate surface area is 87.7 Å². The summed E-state index contributed by atoms with van der Waals surface area (Å²) in [6.45, 7) is 0. The summed E-state index contributed by atoms with van der Waals surface area (Å²) in [7, 11) is 5.33. The third-order valence-electron chi connectivity index (χ3n) is 1.60. The third kappa shape index (κ3) is 2.42. The number of hydrogen-bond acceptors (Lipinski definition) is 0. The molecule has 0 saturated carbocycles. The molecule has 0 radical (unpaired) electrons. The number of alkyl halides is 3. The molecule has 0 atom stereocenters. The van der Waals surface area contributed by atoms with Crippen molar-refractivity contribution in [2.75, 3.05) is 0 Å². The standard InChI is InChI=1S/C7H2F5.ClH.Zn/c8-5-1-4(7(10,11)12)2-6(9)3-5;;/h1-2H;1H;/q;;+1/p-1. The van der Waals surface area contributed by atoms with Crippen molar-refractivity contribution in [3.63, 3.8) is 0 Å². The molecule has 0 amide bonds. The molecule has 0 fully saturated rings. The Morgan fingerprint density at radius 3 is 1.79 bits per heavy atom. The van der Waals surface area contributed by atoms with Crippen LogP contribution in [-0.4, -0.2) is 0 Å². The van der Waals surface area contributed by atoms with E-state index in [2.05, 4.69) is 0 Å². The first-order chi connectivity index (χ1) is 6.36. The van der Waals surface area contributed by atoms with Crippen LogP contribution in [0.1, 0.15) is 5.56 Å². The van der Waals surface area contributed by atoms with E-state index in [4.69, 9.17) is 9.69 Å². The van der Waals surface area contributed by atoms with Crippen LogP contribution >= 0.6 is 9.69 Å². The van der Waals surface area contributed by atoms with Crippen LogP contribution in [0.15, 0.2) is 12.1 Å². The van der Waals surface area contributed by atoms with Crippen molar-refractivity contribution in [1.82, 2.24) is 0 Å². The molecule has 0 unspecified atom stereocenters. The summed E-state index contributed by atoms with van der Waals surface area (Å²) in [5, 5.41) is 0. The minimum absolute atomic E-state index is 0.270. The Morgan fingerprint density at radius 1 is 1.07 bits per heavy atom. The minimum atomic E-state index is -4.74. The molecule has 0 aromatic heterocycles. The predicted octanol–water partition coefficient (Wildman–Crippen LogP) is 2.85. The fourth-order valence-electron chi connectivity index (χ4n) is 0.894. The summed E-state index contributed by atoms with van der Waals surface area (Å²) in [4.78, 5) is 0. The van der Waals surface area contributed by atoms with Crippen molar-refractivity contribution in [2.24, 2.45) is 0 Å². The van der Waals surface area contributed by atoms with E-state index < -0.39 is 39.5 Å². The Balaban J connectivity index is 3.28. The van der Waals surface area contributed by atoms with Gasteiger partial charge >= 0.3 is 87.4 Å². The summed E-state index contributed by atoms with van der Waals surface area (Å²) in [5.41, 5.74) is -1.33. The first-order valence-electron chi connectivity index (χ1n) is 3.47. The quantitative estimate of drug-likeness (QED) is 0.549. The second kappa shape index (κ2) is 4.11. The van der Waals surface area contributed by atoms with Crippen molar-refractivity contribution in [1.29, 1.82) is 0 Å². The summed E-state index contributed by atoms with van der Waals surface area (Å²) < 4.78 is 61.5. The number of halogens is 6. The van der Waals surface area contributed by atoms with Gasteiger partial charge < -0.3 is 0 Å². The first-order valence-corrected chi connectivity index (χ1v) is 8.85. The van der Waals surface area contributed by atoms with Crippen LogP contribution in [0, 0.1) is 11.6 Å². The molecule has 0 heterocycles. The van der Waals surface area contributed by atoms with Crippen molar-refractivity contribution < 1.29 is 38.1 Å². The molecule has 0 nitrogen and oxygen atoms in total. The molecule has 74 valence electrons. The summed E-state index contributed by atoms with van der Waals surface area (Å²) in [5.74, 6) is -2.40. The Morgan fingerprint density at radius 2 is 1.50 bits per heavy atom. The van der Waals surface area contributed by atoms with Gasteiger partial charge in [0.25, 0.3) is 0 Å². The molecule has 0 aliphatic rings. The van der Waals surface area contributed by atoms with E-state index in [1.54, 1.807) is 0 Å². The molecule has 0 aliphatic carbocycles. The van der Waals surface area contributed by atoms with E-state index in [0.29, 0.717) is 0 Å². The molecular weight excluding hydrogens is 280 g/mol. The van der Waals surface area contributed by atoms with E-state index in [0.717, 1.165) is 0 Å². The predicted molar refractivity (Wildman–Crippen MR) is 36.8 cm³/mol. The molecular formula is C7H2ClF5Zn. The van der Waals surface area contributed by atoms with Gasteiger partial charge in [-0.25, -0.2) is 0 Å². The Kier molecular flexibility index (Phi) is 3.48. The van der Waals surface area contributed by atoms with Gasteiger partial charge in [0.1, 0.15) is 0 Å². The van der Waals surface area contributed by atoms with Crippen LogP contribution in [0.4, 0.5) is 22.0 Å². The zero-order chi connectivity index (χ0) is 10.9. The molecule has 1 aromatic carbocycles. The fraction of sp³-hybridized carbons (Fsp3) is 0.143. The van der Waals surface area contributed by atoms with Gasteiger partial charge in [0, 0.05) is 0 Å². The fourth-order valence-corrected chi connectivity index (χ4v) is 3.18. The van der Waals surface area contributed by atoms with Gasteiger partial charge in [-0.15, -0.1) is 0 Å². The van der Waals surface area contributed by atoms with Crippen molar-refractivity contribution >= 4 is 13.8 Å². The average Bonchev–Trinajstić information content (AvgIpc) is 2.01. The van der Waals surface area contributed by atoms with Gasteiger partial charge in [0.15, 0.2) is 0 Å². The molecule has 0 bridgehead atoms. The summed E-state index contributed by atoms with van der Waals surface area (Å²) in [6.07, 6.45) is -4.74. The Bertz CT molecular complexity index is 325. The summed E-state index contributed by atoms with van der Waals surface area (Å²) >= 11 is -2.08. The molecule has 0 spiro atoms. The van der Waals surface area contributed by atoms with Gasteiger partial charge in [0.05, 0.1) is 0 Å². The maximum absolute atomic E-state index is 12.9. The number of hydrogen-bond donors (Lipinski definition) is 0. The van der Waals surface area contributed by atoms with Crippen LogP contribution in [-0.2, 0) is 22.3 Å². The number of benzene rings is 1. The van der Waals surface area contributed by atoms with Crippen LogP contribution < -0.4 is 4.16 Å². The van der Waals surface area contributed by atoms with Crippen LogP contribution in [0.5, 0.6) is 0 Å². The zero-order valence-corrected chi connectivity index (χ0v) is 10.4. The topological polar surface area (TPSA) is 0 Å². The second-order valence-corrected chi connectivity index (χ2v) is 5.98. The van der Waals surface area contributed by atoms with E-state index in [-0.39, 0.29) is 16.3 Å². The third-order valence-corrected chi connectivity index (χ3v) is 4.97. The summed E-state index contributed by atoms with van der Waals surface area (Å²) in [6, 6.07) is 0.540. The number of rotatable bonds is 1. The molecule has 1 rings (SSSR count). The van der Waals surface area contributed by atoms with E-state index in [1.807, 2.05) is 0 Å². The molecule has 1 aromatic rings. The maximum atomic E-state index is 12.9. The van der Waals surface area contributed by atoms with Gasteiger partial charge in [-0.2, -0.15) is 0 Å². The molecule has 14 heavy (non-hydrogen) atoms. The molecule has 0 saturated heterocycles. The van der Waals surface area contributed by atoms with Crippen molar-refractivity contribution in [3.8, 4) is 0 Å². The van der Waals surface area contributed by atoms with Gasteiger partial charge in [0.2, 0.25) is 0 Å². The molecule has 0 N–H and O–H groups in total. The van der Waals surface area contributed by atoms with Crippen molar-refractivity contribution in [3.05, 3.63) is 29.3 Å². The second-order valence-electron chi connectivity index (χ2n) is 2.55. The van der Waals surface area contributed by atoms with Crippen LogP contribution in [0.25, 0.3) is 0 Å². The zero-order valence-electron chi connectivity index (χ0n) is 6.63. The monoisotopic (exact) mass is 280 g/mol. The van der Waals surface area contributed by atoms with Gasteiger partial charge in [-0.05, 0) is 0 Å². The van der Waals surface area contributed by atoms with Gasteiger partial charge in [-0.1, -0.05) is 0 Å². The van der Waals surface area contributed by atoms with E-state index in [9.17, 15) is 22.0 Å². The first kappa shape index (κ1) is 11.9. The average molecular weight is 282 g/mol. The van der Waals surface area contributed by atoms with Crippen LogP contribution in [0.2, 0.25) is 0 Å². The molecule has 7 heteroatoms. The van der Waals surface area contributed by atoms with E-state index >= 15 is 0 Å².